The van der Waals surface area contributed by atoms with E-state index in [2.05, 4.69) is 5.32 Å². The molecule has 10 heteroatoms. The van der Waals surface area contributed by atoms with Crippen molar-refractivity contribution in [3.05, 3.63) is 54.1 Å². The highest BCUT2D eigenvalue weighted by molar-refractivity contribution is 7.89. The molecular formula is C23H27N3O6S. The van der Waals surface area contributed by atoms with Crippen molar-refractivity contribution in [1.29, 1.82) is 0 Å². The molecule has 0 unspecified atom stereocenters. The van der Waals surface area contributed by atoms with Gasteiger partial charge in [-0.05, 0) is 23.8 Å². The Balaban J connectivity index is 1.44. The van der Waals surface area contributed by atoms with Crippen LogP contribution in [-0.4, -0.2) is 64.5 Å². The highest BCUT2D eigenvalue weighted by atomic mass is 32.2. The molecule has 0 spiro atoms. The maximum absolute atomic E-state index is 13.1. The van der Waals surface area contributed by atoms with E-state index in [1.54, 1.807) is 41.3 Å². The van der Waals surface area contributed by atoms with Crippen molar-refractivity contribution in [1.82, 2.24) is 9.62 Å². The summed E-state index contributed by atoms with van der Waals surface area (Å²) in [4.78, 5) is 27.2. The van der Waals surface area contributed by atoms with Crippen molar-refractivity contribution >= 4 is 27.5 Å². The number of ether oxygens (including phenoxy) is 2. The first-order valence-electron chi connectivity index (χ1n) is 10.8. The average molecular weight is 474 g/mol. The monoisotopic (exact) mass is 473 g/mol. The van der Waals surface area contributed by atoms with Crippen LogP contribution in [0.5, 0.6) is 5.75 Å². The standard InChI is InChI=1S/C23H27N3O6S/c1-31-20-8-4-3-7-19(20)26-16-18(14-22(26)27)23(28)24-15-17-6-2-5-9-21(17)33(29,30)25-10-12-32-13-11-25/h2-9,18H,10-16H2,1H3,(H,24,28)/t18-/m0/s1. The Morgan fingerprint density at radius 1 is 1.12 bits per heavy atom. The summed E-state index contributed by atoms with van der Waals surface area (Å²) in [7, 11) is -2.16. The molecular weight excluding hydrogens is 446 g/mol. The van der Waals surface area contributed by atoms with Gasteiger partial charge in [-0.3, -0.25) is 9.59 Å². The second kappa shape index (κ2) is 9.90. The molecule has 0 aromatic heterocycles. The third kappa shape index (κ3) is 4.87. The van der Waals surface area contributed by atoms with E-state index in [1.165, 1.54) is 11.4 Å². The van der Waals surface area contributed by atoms with Gasteiger partial charge in [0, 0.05) is 32.6 Å². The highest BCUT2D eigenvalue weighted by Crippen LogP contribution is 2.33. The zero-order chi connectivity index (χ0) is 23.4. The van der Waals surface area contributed by atoms with Crippen molar-refractivity contribution in [2.45, 2.75) is 17.9 Å². The number of methoxy groups -OCH3 is 1. The van der Waals surface area contributed by atoms with Gasteiger partial charge in [-0.25, -0.2) is 8.42 Å². The van der Waals surface area contributed by atoms with Gasteiger partial charge in [0.1, 0.15) is 5.75 Å². The summed E-state index contributed by atoms with van der Waals surface area (Å²) in [5, 5.41) is 2.82. The molecule has 1 atom stereocenters. The molecule has 0 aliphatic carbocycles. The summed E-state index contributed by atoms with van der Waals surface area (Å²) >= 11 is 0. The number of carbonyl (C=O) groups excluding carboxylic acids is 2. The van der Waals surface area contributed by atoms with Crippen LogP contribution in [0, 0.1) is 5.92 Å². The fourth-order valence-corrected chi connectivity index (χ4v) is 5.75. The molecule has 2 saturated heterocycles. The summed E-state index contributed by atoms with van der Waals surface area (Å²) in [6.45, 7) is 1.60. The highest BCUT2D eigenvalue weighted by Gasteiger charge is 2.36. The zero-order valence-corrected chi connectivity index (χ0v) is 19.2. The predicted octanol–water partition coefficient (Wildman–Crippen LogP) is 1.39. The van der Waals surface area contributed by atoms with E-state index in [4.69, 9.17) is 9.47 Å². The Bertz CT molecular complexity index is 1130. The molecule has 2 fully saturated rings. The Kier molecular flexibility index (Phi) is 6.96. The summed E-state index contributed by atoms with van der Waals surface area (Å²) in [5.74, 6) is -0.422. The zero-order valence-electron chi connectivity index (χ0n) is 18.4. The number of rotatable bonds is 7. The summed E-state index contributed by atoms with van der Waals surface area (Å²) in [6.07, 6.45) is 0.0810. The molecule has 2 aromatic carbocycles. The van der Waals surface area contributed by atoms with E-state index >= 15 is 0 Å². The molecule has 4 rings (SSSR count). The van der Waals surface area contributed by atoms with Crippen LogP contribution in [0.25, 0.3) is 0 Å². The topological polar surface area (TPSA) is 105 Å². The van der Waals surface area contributed by atoms with E-state index < -0.39 is 15.9 Å². The number of benzene rings is 2. The quantitative estimate of drug-likeness (QED) is 0.652. The lowest BCUT2D eigenvalue weighted by Crippen LogP contribution is -2.41. The molecule has 2 heterocycles. The lowest BCUT2D eigenvalue weighted by Gasteiger charge is -2.27. The molecule has 0 bridgehead atoms. The first-order chi connectivity index (χ1) is 15.9. The van der Waals surface area contributed by atoms with E-state index in [0.29, 0.717) is 43.3 Å². The number of amides is 2. The number of hydrogen-bond acceptors (Lipinski definition) is 6. The maximum Gasteiger partial charge on any atom is 0.243 e. The number of anilines is 1. The van der Waals surface area contributed by atoms with Crippen LogP contribution in [0.1, 0.15) is 12.0 Å². The number of para-hydroxylation sites is 2. The summed E-state index contributed by atoms with van der Waals surface area (Å²) in [6, 6.07) is 13.8. The molecule has 0 saturated carbocycles. The second-order valence-corrected chi connectivity index (χ2v) is 9.83. The fraction of sp³-hybridized carbons (Fsp3) is 0.391. The Hall–Kier alpha value is -2.95. The third-order valence-electron chi connectivity index (χ3n) is 5.89. The van der Waals surface area contributed by atoms with E-state index in [-0.39, 0.29) is 36.2 Å². The van der Waals surface area contributed by atoms with Gasteiger partial charge in [0.15, 0.2) is 0 Å². The average Bonchev–Trinajstić information content (AvgIpc) is 3.24. The number of nitrogens with one attached hydrogen (secondary N) is 1. The molecule has 2 aliphatic heterocycles. The maximum atomic E-state index is 13.1. The molecule has 9 nitrogen and oxygen atoms in total. The molecule has 176 valence electrons. The number of hydrogen-bond donors (Lipinski definition) is 1. The lowest BCUT2D eigenvalue weighted by atomic mass is 10.1. The first kappa shape index (κ1) is 23.2. The van der Waals surface area contributed by atoms with Crippen molar-refractivity contribution in [3.8, 4) is 5.75 Å². The van der Waals surface area contributed by atoms with Crippen molar-refractivity contribution in [3.63, 3.8) is 0 Å². The Morgan fingerprint density at radius 2 is 1.82 bits per heavy atom. The van der Waals surface area contributed by atoms with Gasteiger partial charge in [0.05, 0.1) is 36.8 Å². The minimum absolute atomic E-state index is 0.0535. The van der Waals surface area contributed by atoms with Gasteiger partial charge >= 0.3 is 0 Å². The fourth-order valence-electron chi connectivity index (χ4n) is 4.12. The van der Waals surface area contributed by atoms with Gasteiger partial charge < -0.3 is 19.7 Å². The van der Waals surface area contributed by atoms with Gasteiger partial charge in [-0.1, -0.05) is 30.3 Å². The minimum Gasteiger partial charge on any atom is -0.495 e. The SMILES string of the molecule is COc1ccccc1N1C[C@@H](C(=O)NCc2ccccc2S(=O)(=O)N2CCOCC2)CC1=O. The van der Waals surface area contributed by atoms with E-state index in [0.717, 1.165) is 0 Å². The molecule has 2 amide bonds. The van der Waals surface area contributed by atoms with Gasteiger partial charge in [-0.2, -0.15) is 4.31 Å². The van der Waals surface area contributed by atoms with Gasteiger partial charge in [-0.15, -0.1) is 0 Å². The van der Waals surface area contributed by atoms with Crippen LogP contribution in [-0.2, 0) is 30.9 Å². The van der Waals surface area contributed by atoms with Gasteiger partial charge in [0.2, 0.25) is 21.8 Å². The number of carbonyl (C=O) groups is 2. The molecule has 0 radical (unpaired) electrons. The van der Waals surface area contributed by atoms with Crippen molar-refractivity contribution in [2.75, 3.05) is 44.9 Å². The Morgan fingerprint density at radius 3 is 2.58 bits per heavy atom. The van der Waals surface area contributed by atoms with Crippen LogP contribution in [0.2, 0.25) is 0 Å². The lowest BCUT2D eigenvalue weighted by molar-refractivity contribution is -0.126. The normalized spacial score (nSPS) is 19.5. The van der Waals surface area contributed by atoms with Crippen LogP contribution in [0.4, 0.5) is 5.69 Å². The third-order valence-corrected chi connectivity index (χ3v) is 7.88. The largest absolute Gasteiger partial charge is 0.495 e. The second-order valence-electron chi connectivity index (χ2n) is 7.92. The minimum atomic E-state index is -3.70. The number of morpholine rings is 1. The molecule has 2 aliphatic rings. The Labute approximate surface area is 193 Å². The number of sulfonamides is 1. The van der Waals surface area contributed by atoms with Crippen molar-refractivity contribution < 1.29 is 27.5 Å². The summed E-state index contributed by atoms with van der Waals surface area (Å²) < 4.78 is 38.2. The first-order valence-corrected chi connectivity index (χ1v) is 12.2. The molecule has 1 N–H and O–H groups in total. The summed E-state index contributed by atoms with van der Waals surface area (Å²) in [5.41, 5.74) is 1.13. The van der Waals surface area contributed by atoms with Crippen LogP contribution >= 0.6 is 0 Å². The van der Waals surface area contributed by atoms with Gasteiger partial charge in [0.25, 0.3) is 0 Å². The predicted molar refractivity (Wildman–Crippen MR) is 121 cm³/mol. The van der Waals surface area contributed by atoms with E-state index in [1.807, 2.05) is 12.1 Å². The van der Waals surface area contributed by atoms with E-state index in [9.17, 15) is 18.0 Å². The smallest absolute Gasteiger partial charge is 0.243 e. The number of nitrogens with zero attached hydrogens (tertiary/aromatic N) is 2. The van der Waals surface area contributed by atoms with Crippen LogP contribution < -0.4 is 15.0 Å². The van der Waals surface area contributed by atoms with Crippen LogP contribution in [0.3, 0.4) is 0 Å². The molecule has 2 aromatic rings. The van der Waals surface area contributed by atoms with Crippen LogP contribution in [0.15, 0.2) is 53.4 Å². The molecule has 33 heavy (non-hydrogen) atoms. The van der Waals surface area contributed by atoms with Crippen molar-refractivity contribution in [2.24, 2.45) is 5.92 Å².